The number of nitrogens with two attached hydrogens (primary N) is 2. The maximum Gasteiger partial charge on any atom is 0.230 e. The minimum absolute atomic E-state index is 0.0428. The Hall–Kier alpha value is -3.23. The second-order valence-electron chi connectivity index (χ2n) is 4.86. The van der Waals surface area contributed by atoms with E-state index in [0.717, 1.165) is 11.8 Å². The van der Waals surface area contributed by atoms with Crippen LogP contribution in [0, 0.1) is 22.7 Å². The number of carbonyl (C=O) groups excluding carboxylic acids is 1. The van der Waals surface area contributed by atoms with Gasteiger partial charge in [-0.15, -0.1) is 0 Å². The van der Waals surface area contributed by atoms with Crippen LogP contribution in [-0.2, 0) is 4.79 Å². The first-order valence-corrected chi connectivity index (χ1v) is 7.66. The number of benzene rings is 1. The zero-order valence-electron chi connectivity index (χ0n) is 12.6. The SMILES string of the molecule is CC(Sc1nc(N)c(C#N)c(-c2ccc(O)cc2)c1C#N)C(N)=O. The fraction of sp³-hybridized carbons (Fsp3) is 0.125. The van der Waals surface area contributed by atoms with Crippen molar-refractivity contribution >= 4 is 23.5 Å². The lowest BCUT2D eigenvalue weighted by molar-refractivity contribution is -0.117. The summed E-state index contributed by atoms with van der Waals surface area (Å²) in [5.41, 5.74) is 12.1. The van der Waals surface area contributed by atoms with Gasteiger partial charge in [0.1, 0.15) is 34.3 Å². The van der Waals surface area contributed by atoms with E-state index in [-0.39, 0.29) is 27.7 Å². The van der Waals surface area contributed by atoms with Gasteiger partial charge in [0.15, 0.2) is 0 Å². The van der Waals surface area contributed by atoms with Gasteiger partial charge in [-0.3, -0.25) is 4.79 Å². The number of phenols is 1. The largest absolute Gasteiger partial charge is 0.508 e. The van der Waals surface area contributed by atoms with Crippen LogP contribution in [0.4, 0.5) is 5.82 Å². The number of rotatable bonds is 4. The molecule has 2 aromatic rings. The van der Waals surface area contributed by atoms with Gasteiger partial charge in [-0.2, -0.15) is 10.5 Å². The first kappa shape index (κ1) is 17.1. The van der Waals surface area contributed by atoms with Gasteiger partial charge in [-0.05, 0) is 24.6 Å². The second-order valence-corrected chi connectivity index (χ2v) is 6.19. The fourth-order valence-corrected chi connectivity index (χ4v) is 2.89. The molecule has 1 heterocycles. The molecule has 0 aliphatic heterocycles. The predicted octanol–water partition coefficient (Wildman–Crippen LogP) is 1.75. The Balaban J connectivity index is 2.74. The van der Waals surface area contributed by atoms with Gasteiger partial charge in [-0.25, -0.2) is 4.98 Å². The van der Waals surface area contributed by atoms with Crippen molar-refractivity contribution in [1.82, 2.24) is 4.98 Å². The van der Waals surface area contributed by atoms with E-state index in [2.05, 4.69) is 4.98 Å². The lowest BCUT2D eigenvalue weighted by Gasteiger charge is -2.14. The van der Waals surface area contributed by atoms with Crippen LogP contribution in [0.1, 0.15) is 18.1 Å². The van der Waals surface area contributed by atoms with E-state index in [1.165, 1.54) is 12.1 Å². The molecule has 8 heteroatoms. The fourth-order valence-electron chi connectivity index (χ4n) is 2.03. The third-order valence-electron chi connectivity index (χ3n) is 3.26. The maximum absolute atomic E-state index is 11.3. The quantitative estimate of drug-likeness (QED) is 0.718. The van der Waals surface area contributed by atoms with Crippen LogP contribution in [0.2, 0.25) is 0 Å². The summed E-state index contributed by atoms with van der Waals surface area (Å²) in [5.74, 6) is -0.548. The second kappa shape index (κ2) is 6.90. The molecule has 0 fully saturated rings. The van der Waals surface area contributed by atoms with Crippen molar-refractivity contribution in [2.45, 2.75) is 17.2 Å². The number of primary amides is 1. The zero-order valence-corrected chi connectivity index (χ0v) is 13.5. The summed E-state index contributed by atoms with van der Waals surface area (Å²) in [6.07, 6.45) is 0. The first-order chi connectivity index (χ1) is 11.4. The monoisotopic (exact) mass is 339 g/mol. The van der Waals surface area contributed by atoms with E-state index in [4.69, 9.17) is 11.5 Å². The number of nitrogens with zero attached hydrogens (tertiary/aromatic N) is 3. The van der Waals surface area contributed by atoms with E-state index in [0.29, 0.717) is 11.1 Å². The van der Waals surface area contributed by atoms with Gasteiger partial charge in [0.05, 0.1) is 10.8 Å². The van der Waals surface area contributed by atoms with Gasteiger partial charge in [0.25, 0.3) is 0 Å². The minimum atomic E-state index is -0.621. The Bertz CT molecular complexity index is 881. The number of thioether (sulfide) groups is 1. The number of anilines is 1. The number of amides is 1. The number of aromatic hydroxyl groups is 1. The molecule has 0 spiro atoms. The smallest absolute Gasteiger partial charge is 0.230 e. The molecular weight excluding hydrogens is 326 g/mol. The lowest BCUT2D eigenvalue weighted by Crippen LogP contribution is -2.23. The molecule has 24 heavy (non-hydrogen) atoms. The van der Waals surface area contributed by atoms with Crippen molar-refractivity contribution in [2.24, 2.45) is 5.73 Å². The van der Waals surface area contributed by atoms with Gasteiger partial charge in [-0.1, -0.05) is 23.9 Å². The molecule has 0 saturated carbocycles. The highest BCUT2D eigenvalue weighted by atomic mass is 32.2. The highest BCUT2D eigenvalue weighted by molar-refractivity contribution is 8.00. The predicted molar refractivity (Wildman–Crippen MR) is 89.7 cm³/mol. The van der Waals surface area contributed by atoms with Gasteiger partial charge >= 0.3 is 0 Å². The number of carbonyl (C=O) groups is 1. The molecule has 0 radical (unpaired) electrons. The standard InChI is InChI=1S/C16H13N5O2S/c1-8(15(20)23)24-16-12(7-18)13(11(6-17)14(19)21-16)9-2-4-10(22)5-3-9/h2-5,8,22H,1H3,(H2,19,21)(H2,20,23). The van der Waals surface area contributed by atoms with Crippen LogP contribution < -0.4 is 11.5 Å². The van der Waals surface area contributed by atoms with Crippen LogP contribution in [-0.4, -0.2) is 21.2 Å². The molecule has 120 valence electrons. The molecule has 2 rings (SSSR count). The summed E-state index contributed by atoms with van der Waals surface area (Å²) >= 11 is 1.00. The number of phenolic OH excluding ortho intramolecular Hbond substituents is 1. The molecule has 0 aliphatic carbocycles. The van der Waals surface area contributed by atoms with Crippen LogP contribution in [0.5, 0.6) is 5.75 Å². The Morgan fingerprint density at radius 1 is 1.25 bits per heavy atom. The molecule has 5 N–H and O–H groups in total. The normalized spacial score (nSPS) is 11.3. The minimum Gasteiger partial charge on any atom is -0.508 e. The molecule has 7 nitrogen and oxygen atoms in total. The first-order valence-electron chi connectivity index (χ1n) is 6.78. The summed E-state index contributed by atoms with van der Waals surface area (Å²) in [5, 5.41) is 28.0. The van der Waals surface area contributed by atoms with Crippen molar-refractivity contribution in [3.63, 3.8) is 0 Å². The van der Waals surface area contributed by atoms with Crippen LogP contribution in [0.3, 0.4) is 0 Å². The number of hydrogen-bond donors (Lipinski definition) is 3. The van der Waals surface area contributed by atoms with E-state index < -0.39 is 11.2 Å². The van der Waals surface area contributed by atoms with Crippen molar-refractivity contribution in [3.8, 4) is 29.0 Å². The summed E-state index contributed by atoms with van der Waals surface area (Å²) < 4.78 is 0. The van der Waals surface area contributed by atoms with Crippen molar-refractivity contribution in [1.29, 1.82) is 10.5 Å². The summed E-state index contributed by atoms with van der Waals surface area (Å²) in [6, 6.07) is 9.98. The number of hydrogen-bond acceptors (Lipinski definition) is 7. The third kappa shape index (κ3) is 3.24. The molecule has 1 amide bonds. The average Bonchev–Trinajstić information content (AvgIpc) is 2.55. The van der Waals surface area contributed by atoms with Crippen molar-refractivity contribution < 1.29 is 9.90 Å². The summed E-state index contributed by atoms with van der Waals surface area (Å²) in [4.78, 5) is 15.4. The number of aromatic nitrogens is 1. The highest BCUT2D eigenvalue weighted by Crippen LogP contribution is 2.37. The molecule has 1 aromatic heterocycles. The van der Waals surface area contributed by atoms with E-state index in [1.54, 1.807) is 19.1 Å². The van der Waals surface area contributed by atoms with E-state index in [1.807, 2.05) is 12.1 Å². The Labute approximate surface area is 142 Å². The molecule has 1 aromatic carbocycles. The van der Waals surface area contributed by atoms with Crippen LogP contribution in [0.25, 0.3) is 11.1 Å². The molecular formula is C16H13N5O2S. The van der Waals surface area contributed by atoms with E-state index in [9.17, 15) is 20.4 Å². The topological polar surface area (TPSA) is 150 Å². The van der Waals surface area contributed by atoms with Gasteiger partial charge in [0, 0.05) is 5.56 Å². The number of nitrogen functional groups attached to an aromatic ring is 1. The number of nitriles is 2. The average molecular weight is 339 g/mol. The zero-order chi connectivity index (χ0) is 17.9. The Morgan fingerprint density at radius 3 is 2.33 bits per heavy atom. The van der Waals surface area contributed by atoms with Crippen molar-refractivity contribution in [2.75, 3.05) is 5.73 Å². The van der Waals surface area contributed by atoms with Crippen LogP contribution >= 0.6 is 11.8 Å². The maximum atomic E-state index is 11.3. The Kier molecular flexibility index (Phi) is 4.93. The Morgan fingerprint density at radius 2 is 1.83 bits per heavy atom. The third-order valence-corrected chi connectivity index (χ3v) is 4.37. The number of pyridine rings is 1. The molecule has 0 aliphatic rings. The van der Waals surface area contributed by atoms with E-state index >= 15 is 0 Å². The van der Waals surface area contributed by atoms with Crippen molar-refractivity contribution in [3.05, 3.63) is 35.4 Å². The lowest BCUT2D eigenvalue weighted by atomic mass is 9.97. The highest BCUT2D eigenvalue weighted by Gasteiger charge is 2.23. The van der Waals surface area contributed by atoms with Crippen LogP contribution in [0.15, 0.2) is 29.3 Å². The molecule has 0 saturated heterocycles. The molecule has 0 bridgehead atoms. The summed E-state index contributed by atoms with van der Waals surface area (Å²) in [7, 11) is 0. The molecule has 1 unspecified atom stereocenters. The van der Waals surface area contributed by atoms with Gasteiger partial charge in [0.2, 0.25) is 5.91 Å². The summed E-state index contributed by atoms with van der Waals surface area (Å²) in [6.45, 7) is 1.59. The molecule has 1 atom stereocenters. The van der Waals surface area contributed by atoms with Gasteiger partial charge < -0.3 is 16.6 Å².